The second-order valence-electron chi connectivity index (χ2n) is 6.25. The highest BCUT2D eigenvalue weighted by atomic mass is 16.5. The lowest BCUT2D eigenvalue weighted by Crippen LogP contribution is -2.14. The van der Waals surface area contributed by atoms with Gasteiger partial charge in [-0.05, 0) is 68.2 Å². The van der Waals surface area contributed by atoms with Crippen LogP contribution >= 0.6 is 0 Å². The first kappa shape index (κ1) is 17.3. The fraction of sp³-hybridized carbons (Fsp3) is 0.350. The molecule has 1 amide bonds. The van der Waals surface area contributed by atoms with E-state index in [1.807, 2.05) is 48.5 Å². The lowest BCUT2D eigenvalue weighted by molar-refractivity contribution is -0.116. The Bertz CT molecular complexity index is 694. The number of methoxy groups -OCH3 is 1. The van der Waals surface area contributed by atoms with Crippen LogP contribution in [0.15, 0.2) is 48.5 Å². The third-order valence-electron chi connectivity index (χ3n) is 4.36. The summed E-state index contributed by atoms with van der Waals surface area (Å²) in [6.07, 6.45) is 2.67. The minimum atomic E-state index is 0.0633. The van der Waals surface area contributed by atoms with Gasteiger partial charge in [0.15, 0.2) is 0 Å². The summed E-state index contributed by atoms with van der Waals surface area (Å²) in [6.45, 7) is 2.10. The molecule has 1 fully saturated rings. The van der Waals surface area contributed by atoms with Gasteiger partial charge in [-0.1, -0.05) is 6.07 Å². The molecular formula is C20H24N2O3. The van der Waals surface area contributed by atoms with E-state index in [-0.39, 0.29) is 5.91 Å². The van der Waals surface area contributed by atoms with E-state index < -0.39 is 0 Å². The Balaban J connectivity index is 1.50. The summed E-state index contributed by atoms with van der Waals surface area (Å²) in [5, 5.41) is 6.27. The fourth-order valence-electron chi connectivity index (χ4n) is 2.93. The number of rotatable bonds is 7. The molecular weight excluding hydrogens is 316 g/mol. The summed E-state index contributed by atoms with van der Waals surface area (Å²) in [5.41, 5.74) is 0.785. The minimum absolute atomic E-state index is 0.0633. The predicted molar refractivity (Wildman–Crippen MR) is 98.4 cm³/mol. The third-order valence-corrected chi connectivity index (χ3v) is 4.36. The highest BCUT2D eigenvalue weighted by Crippen LogP contribution is 2.26. The van der Waals surface area contributed by atoms with Gasteiger partial charge in [0.1, 0.15) is 17.2 Å². The van der Waals surface area contributed by atoms with Crippen molar-refractivity contribution >= 4 is 11.6 Å². The van der Waals surface area contributed by atoms with Crippen molar-refractivity contribution in [2.75, 3.05) is 25.5 Å². The topological polar surface area (TPSA) is 59.6 Å². The Labute approximate surface area is 148 Å². The van der Waals surface area contributed by atoms with Gasteiger partial charge in [-0.15, -0.1) is 0 Å². The number of nitrogens with one attached hydrogen (secondary N) is 2. The molecule has 0 aliphatic carbocycles. The number of carbonyl (C=O) groups is 1. The van der Waals surface area contributed by atoms with Crippen molar-refractivity contribution < 1.29 is 14.3 Å². The van der Waals surface area contributed by atoms with Gasteiger partial charge in [-0.25, -0.2) is 0 Å². The van der Waals surface area contributed by atoms with Gasteiger partial charge >= 0.3 is 0 Å². The van der Waals surface area contributed by atoms with E-state index in [1.54, 1.807) is 7.11 Å². The van der Waals surface area contributed by atoms with Crippen molar-refractivity contribution in [3.05, 3.63) is 48.5 Å². The quantitative estimate of drug-likeness (QED) is 0.804. The number of amides is 1. The standard InChI is InChI=1S/C20H24N2O3/c1-24-18-3-2-4-19(13-18)25-17-8-6-16(7-9-17)22-20(23)10-5-15-11-12-21-14-15/h2-4,6-9,13,15,21H,5,10-12,14H2,1H3,(H,22,23). The smallest absolute Gasteiger partial charge is 0.224 e. The van der Waals surface area contributed by atoms with Crippen LogP contribution in [0.25, 0.3) is 0 Å². The lowest BCUT2D eigenvalue weighted by atomic mass is 10.0. The first-order chi connectivity index (χ1) is 12.2. The predicted octanol–water partition coefficient (Wildman–Crippen LogP) is 3.82. The van der Waals surface area contributed by atoms with Crippen LogP contribution in [0.3, 0.4) is 0 Å². The van der Waals surface area contributed by atoms with E-state index in [1.165, 1.54) is 6.42 Å². The highest BCUT2D eigenvalue weighted by molar-refractivity contribution is 5.90. The van der Waals surface area contributed by atoms with E-state index in [4.69, 9.17) is 9.47 Å². The molecule has 1 aliphatic rings. The normalized spacial score (nSPS) is 16.4. The largest absolute Gasteiger partial charge is 0.497 e. The molecule has 1 atom stereocenters. The van der Waals surface area contributed by atoms with Crippen molar-refractivity contribution in [3.8, 4) is 17.2 Å². The van der Waals surface area contributed by atoms with E-state index >= 15 is 0 Å². The molecule has 0 saturated carbocycles. The van der Waals surface area contributed by atoms with Gasteiger partial charge in [0.25, 0.3) is 0 Å². The summed E-state index contributed by atoms with van der Waals surface area (Å²) in [5.74, 6) is 2.86. The summed E-state index contributed by atoms with van der Waals surface area (Å²) in [7, 11) is 1.62. The average Bonchev–Trinajstić information content (AvgIpc) is 3.15. The number of carbonyl (C=O) groups excluding carboxylic acids is 1. The van der Waals surface area contributed by atoms with Crippen molar-refractivity contribution in [3.63, 3.8) is 0 Å². The molecule has 0 radical (unpaired) electrons. The average molecular weight is 340 g/mol. The van der Waals surface area contributed by atoms with Gasteiger partial charge < -0.3 is 20.1 Å². The zero-order valence-electron chi connectivity index (χ0n) is 14.5. The van der Waals surface area contributed by atoms with E-state index in [0.717, 1.165) is 30.9 Å². The molecule has 1 heterocycles. The molecule has 1 saturated heterocycles. The Hall–Kier alpha value is -2.53. The van der Waals surface area contributed by atoms with Crippen molar-refractivity contribution in [1.82, 2.24) is 5.32 Å². The van der Waals surface area contributed by atoms with Gasteiger partial charge in [-0.2, -0.15) is 0 Å². The zero-order valence-corrected chi connectivity index (χ0v) is 14.5. The van der Waals surface area contributed by atoms with Crippen LogP contribution in [0.5, 0.6) is 17.2 Å². The van der Waals surface area contributed by atoms with Crippen LogP contribution in [0.1, 0.15) is 19.3 Å². The molecule has 0 aromatic heterocycles. The van der Waals surface area contributed by atoms with Crippen molar-refractivity contribution in [1.29, 1.82) is 0 Å². The maximum Gasteiger partial charge on any atom is 0.224 e. The Morgan fingerprint density at radius 2 is 1.96 bits per heavy atom. The van der Waals surface area contributed by atoms with Crippen LogP contribution in [0.2, 0.25) is 0 Å². The molecule has 0 spiro atoms. The zero-order chi connectivity index (χ0) is 17.5. The maximum absolute atomic E-state index is 12.0. The molecule has 5 heteroatoms. The monoisotopic (exact) mass is 340 g/mol. The number of benzene rings is 2. The van der Waals surface area contributed by atoms with Crippen molar-refractivity contribution in [2.45, 2.75) is 19.3 Å². The van der Waals surface area contributed by atoms with Crippen molar-refractivity contribution in [2.24, 2.45) is 5.92 Å². The molecule has 2 aromatic carbocycles. The van der Waals surface area contributed by atoms with Gasteiger partial charge in [-0.3, -0.25) is 4.79 Å². The Morgan fingerprint density at radius 3 is 2.68 bits per heavy atom. The van der Waals surface area contributed by atoms with Gasteiger partial charge in [0.05, 0.1) is 7.11 Å². The minimum Gasteiger partial charge on any atom is -0.497 e. The van der Waals surface area contributed by atoms with Gasteiger partial charge in [0.2, 0.25) is 5.91 Å². The highest BCUT2D eigenvalue weighted by Gasteiger charge is 2.15. The van der Waals surface area contributed by atoms with Crippen LogP contribution in [0, 0.1) is 5.92 Å². The van der Waals surface area contributed by atoms with Crippen LogP contribution in [-0.2, 0) is 4.79 Å². The molecule has 2 aromatic rings. The Morgan fingerprint density at radius 1 is 1.16 bits per heavy atom. The maximum atomic E-state index is 12.0. The number of hydrogen-bond acceptors (Lipinski definition) is 4. The number of ether oxygens (including phenoxy) is 2. The third kappa shape index (κ3) is 5.22. The van der Waals surface area contributed by atoms with Gasteiger partial charge in [0, 0.05) is 18.2 Å². The van der Waals surface area contributed by atoms with E-state index in [9.17, 15) is 4.79 Å². The van der Waals surface area contributed by atoms with E-state index in [0.29, 0.717) is 23.8 Å². The first-order valence-corrected chi connectivity index (χ1v) is 8.65. The molecule has 25 heavy (non-hydrogen) atoms. The first-order valence-electron chi connectivity index (χ1n) is 8.65. The fourth-order valence-corrected chi connectivity index (χ4v) is 2.93. The number of hydrogen-bond donors (Lipinski definition) is 2. The second kappa shape index (κ2) is 8.53. The molecule has 2 N–H and O–H groups in total. The molecule has 0 bridgehead atoms. The van der Waals surface area contributed by atoms with Crippen LogP contribution < -0.4 is 20.1 Å². The second-order valence-corrected chi connectivity index (χ2v) is 6.25. The molecule has 1 unspecified atom stereocenters. The molecule has 1 aliphatic heterocycles. The summed E-state index contributed by atoms with van der Waals surface area (Å²) in [4.78, 5) is 12.0. The molecule has 132 valence electrons. The number of anilines is 1. The van der Waals surface area contributed by atoms with E-state index in [2.05, 4.69) is 10.6 Å². The van der Waals surface area contributed by atoms with Crippen LogP contribution in [-0.4, -0.2) is 26.1 Å². The lowest BCUT2D eigenvalue weighted by Gasteiger charge is -2.10. The van der Waals surface area contributed by atoms with Crippen LogP contribution in [0.4, 0.5) is 5.69 Å². The molecule has 3 rings (SSSR count). The SMILES string of the molecule is COc1cccc(Oc2ccc(NC(=O)CCC3CCNC3)cc2)c1. The Kier molecular flexibility index (Phi) is 5.90. The summed E-state index contributed by atoms with van der Waals surface area (Å²) >= 11 is 0. The molecule has 5 nitrogen and oxygen atoms in total. The summed E-state index contributed by atoms with van der Waals surface area (Å²) < 4.78 is 11.0. The summed E-state index contributed by atoms with van der Waals surface area (Å²) in [6, 6.07) is 14.8.